The van der Waals surface area contributed by atoms with Crippen LogP contribution < -0.4 is 5.32 Å². The Balaban J connectivity index is 3.83. The molecule has 0 saturated heterocycles. The third-order valence-corrected chi connectivity index (χ3v) is 4.46. The van der Waals surface area contributed by atoms with E-state index < -0.39 is 6.04 Å². The highest BCUT2D eigenvalue weighted by Gasteiger charge is 2.22. The zero-order chi connectivity index (χ0) is 23.2. The maximum absolute atomic E-state index is 12.0. The van der Waals surface area contributed by atoms with E-state index in [9.17, 15) is 9.59 Å². The summed E-state index contributed by atoms with van der Waals surface area (Å²) in [5.74, 6) is -0.158. The highest BCUT2D eigenvalue weighted by Crippen LogP contribution is 2.07. The molecule has 174 valence electrons. The van der Waals surface area contributed by atoms with Crippen molar-refractivity contribution in [3.05, 3.63) is 60.8 Å². The monoisotopic (exact) mass is 429 g/mol. The van der Waals surface area contributed by atoms with Crippen molar-refractivity contribution in [3.8, 4) is 0 Å². The van der Waals surface area contributed by atoms with Crippen LogP contribution in [0, 0.1) is 5.92 Å². The van der Waals surface area contributed by atoms with E-state index in [0.29, 0.717) is 18.8 Å². The molecular formula is C27H43NO3. The fraction of sp³-hybridized carbons (Fsp3) is 0.556. The van der Waals surface area contributed by atoms with Crippen molar-refractivity contribution in [1.29, 1.82) is 0 Å². The zero-order valence-corrected chi connectivity index (χ0v) is 20.0. The maximum Gasteiger partial charge on any atom is 0.328 e. The Hall–Kier alpha value is -2.36. The average molecular weight is 430 g/mol. The molecule has 1 N–H and O–H groups in total. The third-order valence-electron chi connectivity index (χ3n) is 4.46. The van der Waals surface area contributed by atoms with Crippen molar-refractivity contribution in [2.24, 2.45) is 5.92 Å². The van der Waals surface area contributed by atoms with E-state index >= 15 is 0 Å². The van der Waals surface area contributed by atoms with Crippen LogP contribution >= 0.6 is 0 Å². The molecule has 4 heteroatoms. The van der Waals surface area contributed by atoms with Gasteiger partial charge in [0, 0.05) is 6.42 Å². The van der Waals surface area contributed by atoms with Gasteiger partial charge < -0.3 is 10.1 Å². The molecule has 0 saturated carbocycles. The van der Waals surface area contributed by atoms with Gasteiger partial charge in [-0.15, -0.1) is 0 Å². The first-order chi connectivity index (χ1) is 15.0. The highest BCUT2D eigenvalue weighted by molar-refractivity contribution is 5.84. The minimum Gasteiger partial charge on any atom is -0.467 e. The van der Waals surface area contributed by atoms with Gasteiger partial charge in [-0.1, -0.05) is 81.5 Å². The van der Waals surface area contributed by atoms with Crippen molar-refractivity contribution in [3.63, 3.8) is 0 Å². The van der Waals surface area contributed by atoms with E-state index in [1.807, 2.05) is 13.8 Å². The van der Waals surface area contributed by atoms with Gasteiger partial charge in [-0.05, 0) is 57.3 Å². The van der Waals surface area contributed by atoms with Crippen LogP contribution in [0.2, 0.25) is 0 Å². The fourth-order valence-corrected chi connectivity index (χ4v) is 2.84. The molecule has 0 bridgehead atoms. The summed E-state index contributed by atoms with van der Waals surface area (Å²) in [6.07, 6.45) is 29.3. The van der Waals surface area contributed by atoms with E-state index in [1.54, 1.807) is 0 Å². The summed E-state index contributed by atoms with van der Waals surface area (Å²) in [6, 6.07) is -0.550. The number of allylic oxidation sites excluding steroid dienone is 10. The minimum atomic E-state index is -0.550. The van der Waals surface area contributed by atoms with Gasteiger partial charge in [0.15, 0.2) is 0 Å². The molecule has 31 heavy (non-hydrogen) atoms. The summed E-state index contributed by atoms with van der Waals surface area (Å²) in [5.41, 5.74) is 0. The molecule has 0 aromatic rings. The predicted octanol–water partition coefficient (Wildman–Crippen LogP) is 6.61. The predicted molar refractivity (Wildman–Crippen MR) is 132 cm³/mol. The first-order valence-electron chi connectivity index (χ1n) is 11.6. The van der Waals surface area contributed by atoms with Crippen LogP contribution in [0.1, 0.15) is 78.6 Å². The summed E-state index contributed by atoms with van der Waals surface area (Å²) < 4.78 is 4.77. The van der Waals surface area contributed by atoms with Gasteiger partial charge in [0.05, 0.1) is 7.11 Å². The summed E-state index contributed by atoms with van der Waals surface area (Å²) in [7, 11) is 1.35. The first-order valence-corrected chi connectivity index (χ1v) is 11.6. The second-order valence-corrected chi connectivity index (χ2v) is 7.87. The van der Waals surface area contributed by atoms with E-state index in [1.165, 1.54) is 7.11 Å². The molecule has 0 aromatic heterocycles. The van der Waals surface area contributed by atoms with Gasteiger partial charge in [-0.2, -0.15) is 0 Å². The number of carbonyl (C=O) groups is 2. The summed E-state index contributed by atoms with van der Waals surface area (Å²) in [4.78, 5) is 23.8. The molecular weight excluding hydrogens is 386 g/mol. The number of hydrogen-bond donors (Lipinski definition) is 1. The first kappa shape index (κ1) is 28.6. The van der Waals surface area contributed by atoms with Crippen molar-refractivity contribution < 1.29 is 14.3 Å². The topological polar surface area (TPSA) is 55.4 Å². The molecule has 4 nitrogen and oxygen atoms in total. The van der Waals surface area contributed by atoms with Crippen molar-refractivity contribution >= 4 is 11.9 Å². The molecule has 0 fully saturated rings. The molecule has 1 amide bonds. The van der Waals surface area contributed by atoms with E-state index in [2.05, 4.69) is 73.0 Å². The van der Waals surface area contributed by atoms with Crippen LogP contribution in [0.5, 0.6) is 0 Å². The van der Waals surface area contributed by atoms with Gasteiger partial charge >= 0.3 is 5.97 Å². The number of ether oxygens (including phenoxy) is 1. The number of amides is 1. The summed E-state index contributed by atoms with van der Waals surface area (Å²) in [6.45, 7) is 6.18. The van der Waals surface area contributed by atoms with Gasteiger partial charge in [0.2, 0.25) is 5.91 Å². The van der Waals surface area contributed by atoms with Crippen molar-refractivity contribution in [2.75, 3.05) is 7.11 Å². The SMILES string of the molecule is CC/C=C\C/C=C\C/C=C\C/C=C\C/C=C\CCCC(=O)N[C@@H](CC(C)C)C(=O)OC. The Morgan fingerprint density at radius 3 is 1.74 bits per heavy atom. The van der Waals surface area contributed by atoms with Crippen LogP contribution in [0.3, 0.4) is 0 Å². The lowest BCUT2D eigenvalue weighted by Gasteiger charge is -2.18. The van der Waals surface area contributed by atoms with Crippen LogP contribution in [-0.4, -0.2) is 25.0 Å². The smallest absolute Gasteiger partial charge is 0.328 e. The van der Waals surface area contributed by atoms with Crippen LogP contribution in [-0.2, 0) is 14.3 Å². The lowest BCUT2D eigenvalue weighted by molar-refractivity contribution is -0.145. The lowest BCUT2D eigenvalue weighted by atomic mass is 10.0. The number of carbonyl (C=O) groups excluding carboxylic acids is 2. The number of hydrogen-bond acceptors (Lipinski definition) is 3. The van der Waals surface area contributed by atoms with Crippen LogP contribution in [0.15, 0.2) is 60.8 Å². The quantitative estimate of drug-likeness (QED) is 0.161. The lowest BCUT2D eigenvalue weighted by Crippen LogP contribution is -2.42. The Labute approximate surface area is 190 Å². The van der Waals surface area contributed by atoms with E-state index in [4.69, 9.17) is 4.74 Å². The molecule has 1 atom stereocenters. The van der Waals surface area contributed by atoms with Gasteiger partial charge in [-0.3, -0.25) is 4.79 Å². The molecule has 0 spiro atoms. The molecule has 0 heterocycles. The van der Waals surface area contributed by atoms with Gasteiger partial charge in [-0.25, -0.2) is 4.79 Å². The fourth-order valence-electron chi connectivity index (χ4n) is 2.84. The van der Waals surface area contributed by atoms with Gasteiger partial charge in [0.25, 0.3) is 0 Å². The number of unbranched alkanes of at least 4 members (excludes halogenated alkanes) is 1. The van der Waals surface area contributed by atoms with Gasteiger partial charge in [0.1, 0.15) is 6.04 Å². The summed E-state index contributed by atoms with van der Waals surface area (Å²) in [5, 5.41) is 2.79. The second kappa shape index (κ2) is 20.9. The molecule has 0 rings (SSSR count). The number of methoxy groups -OCH3 is 1. The molecule has 0 aliphatic rings. The second-order valence-electron chi connectivity index (χ2n) is 7.87. The van der Waals surface area contributed by atoms with E-state index in [-0.39, 0.29) is 11.9 Å². The molecule has 0 aliphatic heterocycles. The zero-order valence-electron chi connectivity index (χ0n) is 20.0. The molecule has 0 unspecified atom stereocenters. The Kier molecular flexibility index (Phi) is 19.3. The molecule has 0 aromatic carbocycles. The van der Waals surface area contributed by atoms with Crippen LogP contribution in [0.4, 0.5) is 0 Å². The molecule has 0 aliphatic carbocycles. The van der Waals surface area contributed by atoms with Crippen molar-refractivity contribution in [1.82, 2.24) is 5.32 Å². The van der Waals surface area contributed by atoms with E-state index in [0.717, 1.165) is 44.9 Å². The third kappa shape index (κ3) is 19.4. The normalized spacial score (nSPS) is 13.5. The number of nitrogens with one attached hydrogen (secondary N) is 1. The average Bonchev–Trinajstić information content (AvgIpc) is 2.74. The number of esters is 1. The number of rotatable bonds is 17. The summed E-state index contributed by atoms with van der Waals surface area (Å²) >= 11 is 0. The molecule has 0 radical (unpaired) electrons. The largest absolute Gasteiger partial charge is 0.467 e. The highest BCUT2D eigenvalue weighted by atomic mass is 16.5. The maximum atomic E-state index is 12.0. The Bertz CT molecular complexity index is 612. The standard InChI is InChI=1S/C27H43NO3/c1-5-6-7-8-9-10-11-12-13-14-15-16-17-18-19-20-21-22-26(29)28-25(23-24(2)3)27(30)31-4/h6-7,9-10,12-13,15-16,18-19,24-25H,5,8,11,14,17,20-23H2,1-4H3,(H,28,29)/b7-6-,10-9-,13-12-,16-15-,19-18-/t25-/m0/s1. The van der Waals surface area contributed by atoms with Crippen LogP contribution in [0.25, 0.3) is 0 Å². The van der Waals surface area contributed by atoms with Crippen molar-refractivity contribution in [2.45, 2.75) is 84.6 Å². The Morgan fingerprint density at radius 2 is 1.29 bits per heavy atom. The minimum absolute atomic E-state index is 0.0941. The Morgan fingerprint density at radius 1 is 0.806 bits per heavy atom.